The van der Waals surface area contributed by atoms with Crippen molar-refractivity contribution in [2.45, 2.75) is 31.8 Å². The molecule has 0 bridgehead atoms. The van der Waals surface area contributed by atoms with Crippen molar-refractivity contribution in [3.05, 3.63) is 59.7 Å². The Bertz CT molecular complexity index is 957. The molecular weight excluding hydrogens is 412 g/mol. The van der Waals surface area contributed by atoms with Crippen LogP contribution in [0, 0.1) is 0 Å². The third-order valence-electron chi connectivity index (χ3n) is 7.57. The topological polar surface area (TPSA) is 39.3 Å². The minimum atomic E-state index is 0.298. The number of nitrogens with zero attached hydrogens (tertiary/aromatic N) is 4. The molecule has 0 radical (unpaired) electrons. The third-order valence-corrected chi connectivity index (χ3v) is 7.57. The molecule has 2 aromatic rings. The molecule has 1 unspecified atom stereocenters. The number of ether oxygens (including phenoxy) is 1. The summed E-state index contributed by atoms with van der Waals surface area (Å²) in [7, 11) is 1.74. The fourth-order valence-corrected chi connectivity index (χ4v) is 5.68. The molecule has 1 amide bonds. The highest BCUT2D eigenvalue weighted by molar-refractivity contribution is 5.78. The number of carbonyl (C=O) groups is 1. The first-order valence-corrected chi connectivity index (χ1v) is 12.4. The summed E-state index contributed by atoms with van der Waals surface area (Å²) in [4.78, 5) is 22.6. The number of amides is 1. The maximum absolute atomic E-state index is 13.2. The van der Waals surface area contributed by atoms with Gasteiger partial charge in [0, 0.05) is 58.4 Å². The first-order chi connectivity index (χ1) is 16.2. The second-order valence-electron chi connectivity index (χ2n) is 9.56. The zero-order chi connectivity index (χ0) is 22.6. The average Bonchev–Trinajstić information content (AvgIpc) is 2.89. The van der Waals surface area contributed by atoms with Crippen molar-refractivity contribution in [1.29, 1.82) is 0 Å². The number of fused-ring (bicyclic) bond motifs is 1. The van der Waals surface area contributed by atoms with Gasteiger partial charge in [0.15, 0.2) is 0 Å². The Morgan fingerprint density at radius 1 is 0.939 bits per heavy atom. The van der Waals surface area contributed by atoms with Crippen molar-refractivity contribution in [2.75, 3.05) is 64.4 Å². The van der Waals surface area contributed by atoms with E-state index in [1.807, 2.05) is 12.1 Å². The second-order valence-corrected chi connectivity index (χ2v) is 9.56. The van der Waals surface area contributed by atoms with Crippen LogP contribution < -0.4 is 9.64 Å². The van der Waals surface area contributed by atoms with Gasteiger partial charge in [-0.1, -0.05) is 36.4 Å². The van der Waals surface area contributed by atoms with Crippen LogP contribution in [0.4, 0.5) is 5.69 Å². The summed E-state index contributed by atoms with van der Waals surface area (Å²) in [6.07, 6.45) is 3.34. The summed E-state index contributed by atoms with van der Waals surface area (Å²) < 4.78 is 5.56. The standard InChI is InChI=1S/C27H36N4O2/c1-33-26-11-5-4-10-25(26)30-17-15-29(16-18-30)24-9-6-13-31(20-24)27(32)21-28-14-12-22-7-2-3-8-23(22)19-28/h2-5,7-8,10-11,24H,6,9,12-21H2,1H3. The van der Waals surface area contributed by atoms with Gasteiger partial charge in [-0.3, -0.25) is 14.6 Å². The number of para-hydroxylation sites is 2. The van der Waals surface area contributed by atoms with Crippen molar-refractivity contribution in [3.8, 4) is 5.75 Å². The minimum absolute atomic E-state index is 0.298. The molecule has 2 fully saturated rings. The number of hydrogen-bond donors (Lipinski definition) is 0. The largest absolute Gasteiger partial charge is 0.495 e. The lowest BCUT2D eigenvalue weighted by Gasteiger charge is -2.44. The second kappa shape index (κ2) is 10.1. The SMILES string of the molecule is COc1ccccc1N1CCN(C2CCCN(C(=O)CN3CCc4ccccc4C3)C2)CC1. The van der Waals surface area contributed by atoms with E-state index in [0.29, 0.717) is 18.5 Å². The third kappa shape index (κ3) is 5.02. The normalized spacial score (nSPS) is 22.2. The van der Waals surface area contributed by atoms with Crippen LogP contribution in [0.15, 0.2) is 48.5 Å². The molecule has 1 atom stereocenters. The lowest BCUT2D eigenvalue weighted by atomic mass is 9.99. The maximum Gasteiger partial charge on any atom is 0.236 e. The molecular formula is C27H36N4O2. The van der Waals surface area contributed by atoms with Crippen LogP contribution in [0.3, 0.4) is 0 Å². The lowest BCUT2D eigenvalue weighted by molar-refractivity contribution is -0.134. The number of piperazine rings is 1. The molecule has 3 aliphatic rings. The highest BCUT2D eigenvalue weighted by Crippen LogP contribution is 2.29. The summed E-state index contributed by atoms with van der Waals surface area (Å²) >= 11 is 0. The molecule has 2 aromatic carbocycles. The Kier molecular flexibility index (Phi) is 6.83. The van der Waals surface area contributed by atoms with Crippen LogP contribution in [0.25, 0.3) is 0 Å². The van der Waals surface area contributed by atoms with Crippen molar-refractivity contribution < 1.29 is 9.53 Å². The Morgan fingerprint density at radius 2 is 1.70 bits per heavy atom. The summed E-state index contributed by atoms with van der Waals surface area (Å²) in [5.41, 5.74) is 4.00. The van der Waals surface area contributed by atoms with Crippen LogP contribution in [-0.4, -0.2) is 86.1 Å². The van der Waals surface area contributed by atoms with Crippen LogP contribution in [0.5, 0.6) is 5.75 Å². The molecule has 2 saturated heterocycles. The molecule has 0 spiro atoms. The van der Waals surface area contributed by atoms with E-state index in [0.717, 1.165) is 70.9 Å². The van der Waals surface area contributed by atoms with Crippen LogP contribution in [-0.2, 0) is 17.8 Å². The van der Waals surface area contributed by atoms with Crippen LogP contribution >= 0.6 is 0 Å². The van der Waals surface area contributed by atoms with Gasteiger partial charge in [-0.25, -0.2) is 0 Å². The predicted octanol–water partition coefficient (Wildman–Crippen LogP) is 2.87. The van der Waals surface area contributed by atoms with E-state index in [2.05, 4.69) is 56.0 Å². The van der Waals surface area contributed by atoms with Gasteiger partial charge in [0.05, 0.1) is 19.3 Å². The molecule has 6 heteroatoms. The Balaban J connectivity index is 1.13. The van der Waals surface area contributed by atoms with Gasteiger partial charge >= 0.3 is 0 Å². The van der Waals surface area contributed by atoms with Crippen molar-refractivity contribution in [3.63, 3.8) is 0 Å². The molecule has 0 saturated carbocycles. The smallest absolute Gasteiger partial charge is 0.236 e. The highest BCUT2D eigenvalue weighted by Gasteiger charge is 2.31. The van der Waals surface area contributed by atoms with E-state index in [1.54, 1.807) is 7.11 Å². The van der Waals surface area contributed by atoms with E-state index in [9.17, 15) is 4.79 Å². The number of benzene rings is 2. The van der Waals surface area contributed by atoms with Gasteiger partial charge in [-0.15, -0.1) is 0 Å². The highest BCUT2D eigenvalue weighted by atomic mass is 16.5. The number of rotatable bonds is 5. The van der Waals surface area contributed by atoms with Crippen molar-refractivity contribution in [1.82, 2.24) is 14.7 Å². The number of hydrogen-bond acceptors (Lipinski definition) is 5. The van der Waals surface area contributed by atoms with Crippen LogP contribution in [0.2, 0.25) is 0 Å². The Labute approximate surface area is 197 Å². The van der Waals surface area contributed by atoms with Gasteiger partial charge in [-0.2, -0.15) is 0 Å². The number of likely N-dealkylation sites (tertiary alicyclic amines) is 1. The summed E-state index contributed by atoms with van der Waals surface area (Å²) in [5.74, 6) is 1.24. The van der Waals surface area contributed by atoms with E-state index >= 15 is 0 Å². The number of anilines is 1. The molecule has 176 valence electrons. The van der Waals surface area contributed by atoms with E-state index < -0.39 is 0 Å². The van der Waals surface area contributed by atoms with Gasteiger partial charge in [0.25, 0.3) is 0 Å². The molecule has 0 aromatic heterocycles. The fourth-order valence-electron chi connectivity index (χ4n) is 5.68. The average molecular weight is 449 g/mol. The van der Waals surface area contributed by atoms with Gasteiger partial charge in [-0.05, 0) is 42.5 Å². The van der Waals surface area contributed by atoms with E-state index in [4.69, 9.17) is 4.74 Å². The van der Waals surface area contributed by atoms with Crippen molar-refractivity contribution in [2.24, 2.45) is 0 Å². The van der Waals surface area contributed by atoms with Gasteiger partial charge < -0.3 is 14.5 Å². The molecule has 6 nitrogen and oxygen atoms in total. The molecule has 3 aliphatic heterocycles. The molecule has 33 heavy (non-hydrogen) atoms. The van der Waals surface area contributed by atoms with Crippen molar-refractivity contribution >= 4 is 11.6 Å². The first-order valence-electron chi connectivity index (χ1n) is 12.4. The maximum atomic E-state index is 13.2. The van der Waals surface area contributed by atoms with Gasteiger partial charge in [0.1, 0.15) is 5.75 Å². The Hall–Kier alpha value is -2.57. The quantitative estimate of drug-likeness (QED) is 0.704. The fraction of sp³-hybridized carbons (Fsp3) is 0.519. The number of methoxy groups -OCH3 is 1. The monoisotopic (exact) mass is 448 g/mol. The van der Waals surface area contributed by atoms with E-state index in [1.165, 1.54) is 23.2 Å². The summed E-state index contributed by atoms with van der Waals surface area (Å²) in [5, 5.41) is 0. The van der Waals surface area contributed by atoms with Crippen LogP contribution in [0.1, 0.15) is 24.0 Å². The predicted molar refractivity (Wildman–Crippen MR) is 132 cm³/mol. The molecule has 0 N–H and O–H groups in total. The summed E-state index contributed by atoms with van der Waals surface area (Å²) in [6.45, 7) is 8.26. The Morgan fingerprint density at radius 3 is 2.52 bits per heavy atom. The van der Waals surface area contributed by atoms with Gasteiger partial charge in [0.2, 0.25) is 5.91 Å². The first kappa shape index (κ1) is 22.2. The number of piperidine rings is 1. The zero-order valence-corrected chi connectivity index (χ0v) is 19.8. The molecule has 0 aliphatic carbocycles. The molecule has 5 rings (SSSR count). The summed E-state index contributed by atoms with van der Waals surface area (Å²) in [6, 6.07) is 17.4. The molecule has 3 heterocycles. The lowest BCUT2D eigenvalue weighted by Crippen LogP contribution is -2.56. The van der Waals surface area contributed by atoms with E-state index in [-0.39, 0.29) is 0 Å². The minimum Gasteiger partial charge on any atom is -0.495 e. The zero-order valence-electron chi connectivity index (χ0n) is 19.8. The number of carbonyl (C=O) groups excluding carboxylic acids is 1.